The van der Waals surface area contributed by atoms with E-state index in [1.807, 2.05) is 12.1 Å². The summed E-state index contributed by atoms with van der Waals surface area (Å²) in [6, 6.07) is 3.78. The van der Waals surface area contributed by atoms with Crippen LogP contribution in [0, 0.1) is 0 Å². The van der Waals surface area contributed by atoms with E-state index in [0.29, 0.717) is 5.88 Å². The van der Waals surface area contributed by atoms with Crippen molar-refractivity contribution in [2.75, 3.05) is 7.11 Å². The molecule has 0 amide bonds. The van der Waals surface area contributed by atoms with Gasteiger partial charge in [-0.05, 0) is 12.1 Å². The van der Waals surface area contributed by atoms with Gasteiger partial charge < -0.3 is 4.74 Å². The van der Waals surface area contributed by atoms with Gasteiger partial charge in [0.2, 0.25) is 0 Å². The minimum atomic E-state index is 0.554. The summed E-state index contributed by atoms with van der Waals surface area (Å²) in [4.78, 5) is 4.00. The van der Waals surface area contributed by atoms with Crippen LogP contribution >= 0.6 is 11.7 Å². The lowest BCUT2D eigenvalue weighted by Crippen LogP contribution is -1.86. The van der Waals surface area contributed by atoms with Gasteiger partial charge in [0.05, 0.1) is 18.8 Å². The van der Waals surface area contributed by atoms with E-state index in [1.165, 1.54) is 0 Å². The predicted octanol–water partition coefficient (Wildman–Crippen LogP) is 1.61. The van der Waals surface area contributed by atoms with Gasteiger partial charge in [-0.15, -0.1) is 4.37 Å². The SMILES string of the molecule is COc1nsnc1-c1cccnc1. The molecule has 0 fully saturated rings. The van der Waals surface area contributed by atoms with Crippen molar-refractivity contribution >= 4 is 11.7 Å². The zero-order chi connectivity index (χ0) is 9.10. The molecule has 4 nitrogen and oxygen atoms in total. The molecule has 0 saturated carbocycles. The fourth-order valence-electron chi connectivity index (χ4n) is 0.994. The van der Waals surface area contributed by atoms with E-state index in [-0.39, 0.29) is 0 Å². The maximum atomic E-state index is 5.05. The molecular formula is C8H7N3OS. The highest BCUT2D eigenvalue weighted by Gasteiger charge is 2.09. The molecule has 0 spiro atoms. The van der Waals surface area contributed by atoms with Crippen LogP contribution in [0.5, 0.6) is 5.88 Å². The predicted molar refractivity (Wildman–Crippen MR) is 49.7 cm³/mol. The Morgan fingerprint density at radius 2 is 2.31 bits per heavy atom. The summed E-state index contributed by atoms with van der Waals surface area (Å²) in [5.74, 6) is 0.554. The Balaban J connectivity index is 2.47. The second kappa shape index (κ2) is 3.49. The lowest BCUT2D eigenvalue weighted by molar-refractivity contribution is 0.403. The molecule has 2 heterocycles. The molecule has 0 aromatic carbocycles. The Morgan fingerprint density at radius 3 is 3.00 bits per heavy atom. The van der Waals surface area contributed by atoms with Gasteiger partial charge in [-0.1, -0.05) is 0 Å². The van der Waals surface area contributed by atoms with Crippen molar-refractivity contribution in [3.05, 3.63) is 24.5 Å². The van der Waals surface area contributed by atoms with Crippen molar-refractivity contribution in [1.82, 2.24) is 13.7 Å². The molecule has 5 heteroatoms. The van der Waals surface area contributed by atoms with Crippen molar-refractivity contribution in [2.45, 2.75) is 0 Å². The largest absolute Gasteiger partial charge is 0.479 e. The molecule has 13 heavy (non-hydrogen) atoms. The van der Waals surface area contributed by atoms with Gasteiger partial charge in [0, 0.05) is 18.0 Å². The monoisotopic (exact) mass is 193 g/mol. The second-order valence-corrected chi connectivity index (χ2v) is 2.89. The summed E-state index contributed by atoms with van der Waals surface area (Å²) in [7, 11) is 1.58. The van der Waals surface area contributed by atoms with Crippen LogP contribution < -0.4 is 4.74 Å². The minimum absolute atomic E-state index is 0.554. The first-order chi connectivity index (χ1) is 6.42. The minimum Gasteiger partial charge on any atom is -0.479 e. The first-order valence-corrected chi connectivity index (χ1v) is 4.42. The average molecular weight is 193 g/mol. The van der Waals surface area contributed by atoms with Crippen LogP contribution in [0.2, 0.25) is 0 Å². The normalized spacial score (nSPS) is 9.92. The number of rotatable bonds is 2. The molecule has 0 aliphatic rings. The lowest BCUT2D eigenvalue weighted by atomic mass is 10.2. The van der Waals surface area contributed by atoms with Gasteiger partial charge in [0.25, 0.3) is 5.88 Å². The molecule has 0 radical (unpaired) electrons. The Kier molecular flexibility index (Phi) is 2.18. The Bertz CT molecular complexity index is 387. The molecule has 2 rings (SSSR count). The number of nitrogens with zero attached hydrogens (tertiary/aromatic N) is 3. The summed E-state index contributed by atoms with van der Waals surface area (Å²) in [5, 5.41) is 0. The van der Waals surface area contributed by atoms with Gasteiger partial charge in [-0.25, -0.2) is 0 Å². The fraction of sp³-hybridized carbons (Fsp3) is 0.125. The molecule has 2 aromatic rings. The van der Waals surface area contributed by atoms with Gasteiger partial charge in [0.1, 0.15) is 5.69 Å². The number of methoxy groups -OCH3 is 1. The molecule has 0 saturated heterocycles. The highest BCUT2D eigenvalue weighted by molar-refractivity contribution is 6.99. The van der Waals surface area contributed by atoms with Crippen molar-refractivity contribution < 1.29 is 4.74 Å². The van der Waals surface area contributed by atoms with Gasteiger partial charge in [-0.2, -0.15) is 4.37 Å². The van der Waals surface area contributed by atoms with E-state index in [9.17, 15) is 0 Å². The number of hydrogen-bond donors (Lipinski definition) is 0. The molecule has 0 aliphatic carbocycles. The quantitative estimate of drug-likeness (QED) is 0.727. The Labute approximate surface area is 79.5 Å². The third kappa shape index (κ3) is 1.50. The molecule has 0 unspecified atom stereocenters. The van der Waals surface area contributed by atoms with Crippen LogP contribution in [0.4, 0.5) is 0 Å². The molecule has 66 valence electrons. The van der Waals surface area contributed by atoms with E-state index in [1.54, 1.807) is 19.5 Å². The molecule has 2 aromatic heterocycles. The molecular weight excluding hydrogens is 186 g/mol. The second-order valence-electron chi connectivity index (χ2n) is 2.36. The maximum absolute atomic E-state index is 5.05. The molecule has 0 bridgehead atoms. The Hall–Kier alpha value is -1.49. The zero-order valence-electron chi connectivity index (χ0n) is 6.97. The number of aromatic nitrogens is 3. The van der Waals surface area contributed by atoms with E-state index < -0.39 is 0 Å². The van der Waals surface area contributed by atoms with Gasteiger partial charge >= 0.3 is 0 Å². The molecule has 0 aliphatic heterocycles. The summed E-state index contributed by atoms with van der Waals surface area (Å²) >= 11 is 1.13. The van der Waals surface area contributed by atoms with E-state index in [4.69, 9.17) is 4.74 Å². The number of pyridine rings is 1. The average Bonchev–Trinajstić information content (AvgIpc) is 2.67. The van der Waals surface area contributed by atoms with Crippen molar-refractivity contribution in [1.29, 1.82) is 0 Å². The Morgan fingerprint density at radius 1 is 1.38 bits per heavy atom. The summed E-state index contributed by atoms with van der Waals surface area (Å²) in [6.07, 6.45) is 3.45. The standard InChI is InChI=1S/C8H7N3OS/c1-12-8-7(10-13-11-8)6-3-2-4-9-5-6/h2-5H,1H3. The van der Waals surface area contributed by atoms with Crippen molar-refractivity contribution in [3.8, 4) is 17.1 Å². The van der Waals surface area contributed by atoms with E-state index in [2.05, 4.69) is 13.7 Å². The molecule has 0 N–H and O–H groups in total. The smallest absolute Gasteiger partial charge is 0.253 e. The fourth-order valence-corrected chi connectivity index (χ4v) is 1.53. The van der Waals surface area contributed by atoms with Crippen LogP contribution in [-0.4, -0.2) is 20.8 Å². The van der Waals surface area contributed by atoms with E-state index in [0.717, 1.165) is 23.0 Å². The zero-order valence-corrected chi connectivity index (χ0v) is 7.78. The topological polar surface area (TPSA) is 47.9 Å². The summed E-state index contributed by atoms with van der Waals surface area (Å²) < 4.78 is 13.2. The van der Waals surface area contributed by atoms with Gasteiger partial charge in [0.15, 0.2) is 0 Å². The summed E-state index contributed by atoms with van der Waals surface area (Å²) in [5.41, 5.74) is 1.67. The van der Waals surface area contributed by atoms with Crippen molar-refractivity contribution in [3.63, 3.8) is 0 Å². The van der Waals surface area contributed by atoms with Crippen LogP contribution in [0.3, 0.4) is 0 Å². The first-order valence-electron chi connectivity index (χ1n) is 3.69. The highest BCUT2D eigenvalue weighted by atomic mass is 32.1. The van der Waals surface area contributed by atoms with Crippen molar-refractivity contribution in [2.24, 2.45) is 0 Å². The van der Waals surface area contributed by atoms with E-state index >= 15 is 0 Å². The van der Waals surface area contributed by atoms with Crippen LogP contribution in [0.25, 0.3) is 11.3 Å². The molecule has 0 atom stereocenters. The van der Waals surface area contributed by atoms with Gasteiger partial charge in [-0.3, -0.25) is 4.98 Å². The lowest BCUT2D eigenvalue weighted by Gasteiger charge is -1.97. The summed E-state index contributed by atoms with van der Waals surface area (Å²) in [6.45, 7) is 0. The third-order valence-corrected chi connectivity index (χ3v) is 2.10. The van der Waals surface area contributed by atoms with Crippen LogP contribution in [0.15, 0.2) is 24.5 Å². The van der Waals surface area contributed by atoms with Crippen LogP contribution in [0.1, 0.15) is 0 Å². The first kappa shape index (κ1) is 8.12. The highest BCUT2D eigenvalue weighted by Crippen LogP contribution is 2.26. The number of ether oxygens (including phenoxy) is 1. The van der Waals surface area contributed by atoms with Crippen LogP contribution in [-0.2, 0) is 0 Å². The number of hydrogen-bond acceptors (Lipinski definition) is 5. The third-order valence-electron chi connectivity index (χ3n) is 1.59. The maximum Gasteiger partial charge on any atom is 0.253 e.